The van der Waals surface area contributed by atoms with Gasteiger partial charge >= 0.3 is 0 Å². The lowest BCUT2D eigenvalue weighted by Gasteiger charge is -2.27. The van der Waals surface area contributed by atoms with E-state index in [2.05, 4.69) is 17.3 Å². The molecular weight excluding hydrogens is 332 g/mol. The van der Waals surface area contributed by atoms with Gasteiger partial charge in [0.2, 0.25) is 11.8 Å². The second kappa shape index (κ2) is 7.51. The van der Waals surface area contributed by atoms with E-state index in [1.165, 1.54) is 23.2 Å². The number of rotatable bonds is 4. The quantitative estimate of drug-likeness (QED) is 0.898. The molecule has 0 fully saturated rings. The number of hydrogen-bond acceptors (Lipinski definition) is 4. The lowest BCUT2D eigenvalue weighted by Crippen LogP contribution is -2.38. The summed E-state index contributed by atoms with van der Waals surface area (Å²) in [6.07, 6.45) is 1.51. The number of aromatic nitrogens is 2. The number of nitrogens with zero attached hydrogens (tertiary/aromatic N) is 3. The fourth-order valence-electron chi connectivity index (χ4n) is 2.98. The molecule has 26 heavy (non-hydrogen) atoms. The summed E-state index contributed by atoms with van der Waals surface area (Å²) in [6, 6.07) is 9.08. The predicted octanol–water partition coefficient (Wildman–Crippen LogP) is 1.35. The zero-order valence-electron chi connectivity index (χ0n) is 15.0. The molecule has 0 saturated heterocycles. The zero-order valence-corrected chi connectivity index (χ0v) is 15.0. The largest absolute Gasteiger partial charge is 0.338 e. The van der Waals surface area contributed by atoms with E-state index >= 15 is 0 Å². The van der Waals surface area contributed by atoms with Crippen LogP contribution in [0.25, 0.3) is 0 Å². The van der Waals surface area contributed by atoms with Crippen molar-refractivity contribution in [3.8, 4) is 0 Å². The van der Waals surface area contributed by atoms with Gasteiger partial charge in [-0.05, 0) is 24.1 Å². The van der Waals surface area contributed by atoms with E-state index in [1.807, 2.05) is 24.3 Å². The molecule has 3 rings (SSSR count). The second-order valence-electron chi connectivity index (χ2n) is 6.40. The topological polar surface area (TPSA) is 84.3 Å². The molecule has 7 nitrogen and oxygen atoms in total. The number of anilines is 1. The van der Waals surface area contributed by atoms with Crippen LogP contribution in [0.2, 0.25) is 0 Å². The fraction of sp³-hybridized carbons (Fsp3) is 0.368. The average Bonchev–Trinajstić information content (AvgIpc) is 2.62. The van der Waals surface area contributed by atoms with Crippen LogP contribution in [0.15, 0.2) is 35.1 Å². The Hall–Kier alpha value is -2.96. The number of nitrogens with one attached hydrogen (secondary N) is 1. The lowest BCUT2D eigenvalue weighted by atomic mass is 10.1. The van der Waals surface area contributed by atoms with Crippen LogP contribution in [-0.4, -0.2) is 33.0 Å². The SMILES string of the molecule is CCc1ccc(NC(=O)Cn2nc3c(cc2=O)CN(C(C)=O)CC3)cc1. The molecule has 136 valence electrons. The number of hydrogen-bond donors (Lipinski definition) is 1. The van der Waals surface area contributed by atoms with Crippen LogP contribution in [0.1, 0.15) is 30.7 Å². The van der Waals surface area contributed by atoms with E-state index in [0.29, 0.717) is 25.2 Å². The van der Waals surface area contributed by atoms with Crippen LogP contribution < -0.4 is 10.9 Å². The van der Waals surface area contributed by atoms with Crippen LogP contribution in [0.5, 0.6) is 0 Å². The standard InChI is InChI=1S/C19H22N4O3/c1-3-14-4-6-16(7-5-14)20-18(25)12-23-19(26)10-15-11-22(13(2)24)9-8-17(15)21-23/h4-7,10H,3,8-9,11-12H2,1-2H3,(H,20,25). The van der Waals surface area contributed by atoms with Crippen molar-refractivity contribution in [2.75, 3.05) is 11.9 Å². The van der Waals surface area contributed by atoms with Gasteiger partial charge in [-0.1, -0.05) is 19.1 Å². The highest BCUT2D eigenvalue weighted by Crippen LogP contribution is 2.15. The van der Waals surface area contributed by atoms with E-state index in [1.54, 1.807) is 4.90 Å². The van der Waals surface area contributed by atoms with Crippen molar-refractivity contribution < 1.29 is 9.59 Å². The molecule has 0 unspecified atom stereocenters. The summed E-state index contributed by atoms with van der Waals surface area (Å²) in [4.78, 5) is 37.7. The minimum absolute atomic E-state index is 0.0201. The van der Waals surface area contributed by atoms with Crippen molar-refractivity contribution in [1.29, 1.82) is 0 Å². The first-order chi connectivity index (χ1) is 12.5. The zero-order chi connectivity index (χ0) is 18.7. The third kappa shape index (κ3) is 3.99. The van der Waals surface area contributed by atoms with Crippen molar-refractivity contribution in [2.45, 2.75) is 39.8 Å². The first-order valence-corrected chi connectivity index (χ1v) is 8.70. The molecule has 2 amide bonds. The fourth-order valence-corrected chi connectivity index (χ4v) is 2.98. The number of aryl methyl sites for hydroxylation is 1. The molecule has 1 aliphatic rings. The van der Waals surface area contributed by atoms with Crippen LogP contribution in [0, 0.1) is 0 Å². The first kappa shape index (κ1) is 17.8. The maximum Gasteiger partial charge on any atom is 0.267 e. The van der Waals surface area contributed by atoms with Gasteiger partial charge in [-0.15, -0.1) is 0 Å². The summed E-state index contributed by atoms with van der Waals surface area (Å²) in [5, 5.41) is 7.10. The number of benzene rings is 1. The minimum atomic E-state index is -0.342. The van der Waals surface area contributed by atoms with E-state index in [0.717, 1.165) is 17.7 Å². The minimum Gasteiger partial charge on any atom is -0.338 e. The van der Waals surface area contributed by atoms with E-state index < -0.39 is 0 Å². The lowest BCUT2D eigenvalue weighted by molar-refractivity contribution is -0.129. The molecule has 0 aliphatic carbocycles. The Balaban J connectivity index is 1.70. The molecule has 0 saturated carbocycles. The highest BCUT2D eigenvalue weighted by Gasteiger charge is 2.21. The van der Waals surface area contributed by atoms with E-state index in [-0.39, 0.29) is 23.9 Å². The summed E-state index contributed by atoms with van der Waals surface area (Å²) in [5.74, 6) is -0.321. The normalized spacial score (nSPS) is 13.2. The Morgan fingerprint density at radius 2 is 1.96 bits per heavy atom. The van der Waals surface area contributed by atoms with E-state index in [9.17, 15) is 14.4 Å². The Bertz CT molecular complexity index is 887. The molecule has 0 bridgehead atoms. The summed E-state index contributed by atoms with van der Waals surface area (Å²) in [5.41, 5.74) is 3.06. The smallest absolute Gasteiger partial charge is 0.267 e. The summed E-state index contributed by atoms with van der Waals surface area (Å²) in [7, 11) is 0. The summed E-state index contributed by atoms with van der Waals surface area (Å²) >= 11 is 0. The Morgan fingerprint density at radius 3 is 2.62 bits per heavy atom. The third-order valence-electron chi connectivity index (χ3n) is 4.53. The molecule has 1 aromatic heterocycles. The molecule has 0 spiro atoms. The molecular formula is C19H22N4O3. The van der Waals surface area contributed by atoms with Gasteiger partial charge in [-0.3, -0.25) is 14.4 Å². The van der Waals surface area contributed by atoms with Gasteiger partial charge in [-0.25, -0.2) is 4.68 Å². The highest BCUT2D eigenvalue weighted by atomic mass is 16.2. The second-order valence-corrected chi connectivity index (χ2v) is 6.40. The van der Waals surface area contributed by atoms with Crippen molar-refractivity contribution in [3.63, 3.8) is 0 Å². The molecule has 0 radical (unpaired) electrons. The van der Waals surface area contributed by atoms with Crippen LogP contribution in [0.4, 0.5) is 5.69 Å². The molecule has 1 N–H and O–H groups in total. The third-order valence-corrected chi connectivity index (χ3v) is 4.53. The summed E-state index contributed by atoms with van der Waals surface area (Å²) < 4.78 is 1.18. The van der Waals surface area contributed by atoms with E-state index in [4.69, 9.17) is 0 Å². The van der Waals surface area contributed by atoms with Gasteiger partial charge in [0.1, 0.15) is 6.54 Å². The molecule has 0 atom stereocenters. The van der Waals surface area contributed by atoms with Crippen molar-refractivity contribution in [1.82, 2.24) is 14.7 Å². The van der Waals surface area contributed by atoms with Crippen molar-refractivity contribution >= 4 is 17.5 Å². The number of carbonyl (C=O) groups excluding carboxylic acids is 2. The number of carbonyl (C=O) groups is 2. The van der Waals surface area contributed by atoms with Gasteiger partial charge in [-0.2, -0.15) is 5.10 Å². The Labute approximate surface area is 151 Å². The predicted molar refractivity (Wildman–Crippen MR) is 97.7 cm³/mol. The highest BCUT2D eigenvalue weighted by molar-refractivity contribution is 5.90. The first-order valence-electron chi connectivity index (χ1n) is 8.70. The van der Waals surface area contributed by atoms with Crippen LogP contribution in [0.3, 0.4) is 0 Å². The van der Waals surface area contributed by atoms with Crippen molar-refractivity contribution in [3.05, 3.63) is 57.5 Å². The van der Waals surface area contributed by atoms with Crippen LogP contribution >= 0.6 is 0 Å². The number of fused-ring (bicyclic) bond motifs is 1. The van der Waals surface area contributed by atoms with Gasteiger partial charge in [0.15, 0.2) is 0 Å². The molecule has 2 aromatic rings. The van der Waals surface area contributed by atoms with Crippen LogP contribution in [-0.2, 0) is 35.5 Å². The van der Waals surface area contributed by atoms with Crippen molar-refractivity contribution in [2.24, 2.45) is 0 Å². The Morgan fingerprint density at radius 1 is 1.23 bits per heavy atom. The summed E-state index contributed by atoms with van der Waals surface area (Å²) in [6.45, 7) is 4.40. The molecule has 1 aliphatic heterocycles. The number of amides is 2. The average molecular weight is 354 g/mol. The van der Waals surface area contributed by atoms with Gasteiger partial charge < -0.3 is 10.2 Å². The van der Waals surface area contributed by atoms with Gasteiger partial charge in [0, 0.05) is 43.8 Å². The maximum atomic E-state index is 12.3. The molecule has 2 heterocycles. The monoisotopic (exact) mass is 354 g/mol. The molecule has 1 aromatic carbocycles. The molecule has 7 heteroatoms. The maximum absolute atomic E-state index is 12.3. The van der Waals surface area contributed by atoms with Gasteiger partial charge in [0.05, 0.1) is 5.69 Å². The van der Waals surface area contributed by atoms with Gasteiger partial charge in [0.25, 0.3) is 5.56 Å². The Kier molecular flexibility index (Phi) is 5.16.